The Balaban J connectivity index is 2.26. The molecule has 0 aromatic carbocycles. The van der Waals surface area contributed by atoms with Crippen molar-refractivity contribution in [3.05, 3.63) is 11.6 Å². The van der Waals surface area contributed by atoms with E-state index in [0.29, 0.717) is 13.1 Å². The normalized spacial score (nSPS) is 18.0. The molecule has 0 unspecified atom stereocenters. The lowest BCUT2D eigenvalue weighted by Gasteiger charge is -2.26. The zero-order chi connectivity index (χ0) is 12.7. The van der Waals surface area contributed by atoms with Gasteiger partial charge >= 0.3 is 0 Å². The number of rotatable bonds is 6. The van der Waals surface area contributed by atoms with Crippen LogP contribution < -0.4 is 10.0 Å². The van der Waals surface area contributed by atoms with Gasteiger partial charge in [0, 0.05) is 39.3 Å². The summed E-state index contributed by atoms with van der Waals surface area (Å²) in [7, 11) is -3.13. The summed E-state index contributed by atoms with van der Waals surface area (Å²) in [6.45, 7) is 8.69. The first-order valence-electron chi connectivity index (χ1n) is 6.03. The molecule has 17 heavy (non-hydrogen) atoms. The second-order valence-electron chi connectivity index (χ2n) is 4.54. The van der Waals surface area contributed by atoms with Gasteiger partial charge in [-0.15, -0.1) is 0 Å². The molecule has 1 heterocycles. The molecule has 0 atom stereocenters. The van der Waals surface area contributed by atoms with Gasteiger partial charge in [0.25, 0.3) is 0 Å². The van der Waals surface area contributed by atoms with Crippen LogP contribution in [-0.2, 0) is 10.0 Å². The van der Waals surface area contributed by atoms with Gasteiger partial charge in [-0.05, 0) is 13.8 Å². The van der Waals surface area contributed by atoms with E-state index in [4.69, 9.17) is 0 Å². The summed E-state index contributed by atoms with van der Waals surface area (Å²) < 4.78 is 25.9. The van der Waals surface area contributed by atoms with E-state index in [9.17, 15) is 8.42 Å². The maximum Gasteiger partial charge on any atom is 0.213 e. The number of nitrogens with one attached hydrogen (secondary N) is 2. The van der Waals surface area contributed by atoms with E-state index in [-0.39, 0.29) is 5.75 Å². The fourth-order valence-electron chi connectivity index (χ4n) is 1.63. The number of hydrogen-bond acceptors (Lipinski definition) is 4. The molecule has 0 aliphatic carbocycles. The van der Waals surface area contributed by atoms with E-state index in [2.05, 4.69) is 14.9 Å². The van der Waals surface area contributed by atoms with Crippen LogP contribution in [0.3, 0.4) is 0 Å². The molecule has 0 spiro atoms. The number of sulfonamides is 1. The van der Waals surface area contributed by atoms with E-state index in [1.165, 1.54) is 0 Å². The zero-order valence-electron chi connectivity index (χ0n) is 10.7. The van der Waals surface area contributed by atoms with Crippen LogP contribution in [0.2, 0.25) is 0 Å². The molecule has 1 aliphatic heterocycles. The van der Waals surface area contributed by atoms with Crippen molar-refractivity contribution in [1.82, 2.24) is 14.9 Å². The van der Waals surface area contributed by atoms with Gasteiger partial charge in [0.05, 0.1) is 5.75 Å². The highest BCUT2D eigenvalue weighted by Gasteiger charge is 2.14. The van der Waals surface area contributed by atoms with Gasteiger partial charge in [-0.3, -0.25) is 4.90 Å². The molecule has 0 amide bonds. The van der Waals surface area contributed by atoms with Crippen molar-refractivity contribution in [2.24, 2.45) is 0 Å². The largest absolute Gasteiger partial charge is 0.314 e. The number of allylic oxidation sites excluding steroid dienone is 1. The predicted molar refractivity (Wildman–Crippen MR) is 70.5 cm³/mol. The SMILES string of the molecule is CC(C)=CCNS(=O)(=O)CCN1CCNCC1. The number of hydrogen-bond donors (Lipinski definition) is 2. The van der Waals surface area contributed by atoms with E-state index in [1.807, 2.05) is 19.9 Å². The van der Waals surface area contributed by atoms with Crippen LogP contribution in [0.25, 0.3) is 0 Å². The molecule has 1 aliphatic rings. The Morgan fingerprint density at radius 1 is 1.35 bits per heavy atom. The average Bonchev–Trinajstić information content (AvgIpc) is 2.27. The van der Waals surface area contributed by atoms with Gasteiger partial charge in [0.1, 0.15) is 0 Å². The lowest BCUT2D eigenvalue weighted by molar-refractivity contribution is 0.253. The summed E-state index contributed by atoms with van der Waals surface area (Å²) in [5.74, 6) is 0.184. The van der Waals surface area contributed by atoms with Crippen molar-refractivity contribution in [3.63, 3.8) is 0 Å². The van der Waals surface area contributed by atoms with Crippen molar-refractivity contribution in [2.75, 3.05) is 45.0 Å². The van der Waals surface area contributed by atoms with Crippen molar-refractivity contribution >= 4 is 10.0 Å². The maximum atomic E-state index is 11.7. The molecule has 1 fully saturated rings. The average molecular weight is 261 g/mol. The molecule has 0 aromatic rings. The molecule has 0 aromatic heterocycles. The van der Waals surface area contributed by atoms with Crippen LogP contribution in [0.15, 0.2) is 11.6 Å². The van der Waals surface area contributed by atoms with Crippen LogP contribution in [0.5, 0.6) is 0 Å². The molecule has 100 valence electrons. The topological polar surface area (TPSA) is 61.4 Å². The van der Waals surface area contributed by atoms with Crippen molar-refractivity contribution in [2.45, 2.75) is 13.8 Å². The van der Waals surface area contributed by atoms with Gasteiger partial charge in [0.15, 0.2) is 0 Å². The third-order valence-electron chi connectivity index (χ3n) is 2.70. The first kappa shape index (κ1) is 14.6. The Morgan fingerprint density at radius 3 is 2.59 bits per heavy atom. The molecule has 1 saturated heterocycles. The fraction of sp³-hybridized carbons (Fsp3) is 0.818. The van der Waals surface area contributed by atoms with E-state index in [0.717, 1.165) is 31.8 Å². The molecule has 0 bridgehead atoms. The Kier molecular flexibility index (Phi) is 6.11. The van der Waals surface area contributed by atoms with Crippen molar-refractivity contribution in [1.29, 1.82) is 0 Å². The summed E-state index contributed by atoms with van der Waals surface area (Å²) in [4.78, 5) is 2.18. The third-order valence-corrected chi connectivity index (χ3v) is 4.03. The van der Waals surface area contributed by atoms with Gasteiger partial charge < -0.3 is 5.32 Å². The predicted octanol–water partition coefficient (Wildman–Crippen LogP) is -0.223. The molecule has 6 heteroatoms. The van der Waals surface area contributed by atoms with E-state index >= 15 is 0 Å². The summed E-state index contributed by atoms with van der Waals surface area (Å²) in [6.07, 6.45) is 1.88. The number of piperazine rings is 1. The van der Waals surface area contributed by atoms with Crippen molar-refractivity contribution in [3.8, 4) is 0 Å². The molecular weight excluding hydrogens is 238 g/mol. The lowest BCUT2D eigenvalue weighted by atomic mass is 10.3. The Labute approximate surface area is 104 Å². The second-order valence-corrected chi connectivity index (χ2v) is 6.47. The minimum atomic E-state index is -3.13. The Hall–Kier alpha value is -0.430. The van der Waals surface area contributed by atoms with Gasteiger partial charge in [-0.2, -0.15) is 0 Å². The monoisotopic (exact) mass is 261 g/mol. The molecule has 5 nitrogen and oxygen atoms in total. The molecular formula is C11H23N3O2S. The highest BCUT2D eigenvalue weighted by atomic mass is 32.2. The minimum Gasteiger partial charge on any atom is -0.314 e. The molecule has 0 saturated carbocycles. The van der Waals surface area contributed by atoms with Gasteiger partial charge in [-0.1, -0.05) is 11.6 Å². The Morgan fingerprint density at radius 2 is 2.00 bits per heavy atom. The molecule has 1 rings (SSSR count). The van der Waals surface area contributed by atoms with Crippen LogP contribution in [0.1, 0.15) is 13.8 Å². The summed E-state index contributed by atoms with van der Waals surface area (Å²) in [5.41, 5.74) is 1.12. The van der Waals surface area contributed by atoms with Crippen LogP contribution in [0, 0.1) is 0 Å². The fourth-order valence-corrected chi connectivity index (χ4v) is 2.61. The summed E-state index contributed by atoms with van der Waals surface area (Å²) >= 11 is 0. The van der Waals surface area contributed by atoms with Crippen molar-refractivity contribution < 1.29 is 8.42 Å². The summed E-state index contributed by atoms with van der Waals surface area (Å²) in [6, 6.07) is 0. The standard InChI is InChI=1S/C11H23N3O2S/c1-11(2)3-4-13-17(15,16)10-9-14-7-5-12-6-8-14/h3,12-13H,4-10H2,1-2H3. The van der Waals surface area contributed by atoms with E-state index < -0.39 is 10.0 Å². The van der Waals surface area contributed by atoms with Gasteiger partial charge in [-0.25, -0.2) is 13.1 Å². The quantitative estimate of drug-likeness (QED) is 0.649. The molecule has 2 N–H and O–H groups in total. The van der Waals surface area contributed by atoms with Gasteiger partial charge in [0.2, 0.25) is 10.0 Å². The first-order chi connectivity index (χ1) is 7.99. The zero-order valence-corrected chi connectivity index (χ0v) is 11.5. The first-order valence-corrected chi connectivity index (χ1v) is 7.68. The highest BCUT2D eigenvalue weighted by molar-refractivity contribution is 7.89. The highest BCUT2D eigenvalue weighted by Crippen LogP contribution is 1.94. The molecule has 0 radical (unpaired) electrons. The number of nitrogens with zero attached hydrogens (tertiary/aromatic N) is 1. The smallest absolute Gasteiger partial charge is 0.213 e. The van der Waals surface area contributed by atoms with Crippen LogP contribution >= 0.6 is 0 Å². The Bertz CT molecular complexity index is 342. The maximum absolute atomic E-state index is 11.7. The van der Waals surface area contributed by atoms with Crippen LogP contribution in [0.4, 0.5) is 0 Å². The van der Waals surface area contributed by atoms with E-state index in [1.54, 1.807) is 0 Å². The summed E-state index contributed by atoms with van der Waals surface area (Å²) in [5, 5.41) is 3.24. The third kappa shape index (κ3) is 6.78. The second kappa shape index (κ2) is 7.10. The lowest BCUT2D eigenvalue weighted by Crippen LogP contribution is -2.45. The van der Waals surface area contributed by atoms with Crippen LogP contribution in [-0.4, -0.2) is 58.3 Å². The minimum absolute atomic E-state index is 0.184.